The number of pyridine rings is 1. The number of aliphatic carboxylic acids is 1. The van der Waals surface area contributed by atoms with Gasteiger partial charge in [-0.25, -0.2) is 4.98 Å². The van der Waals surface area contributed by atoms with Gasteiger partial charge in [0.2, 0.25) is 0 Å². The third-order valence-electron chi connectivity index (χ3n) is 3.17. The largest absolute Gasteiger partial charge is 0.481 e. The molecular weight excluding hydrogens is 282 g/mol. The predicted octanol–water partition coefficient (Wildman–Crippen LogP) is 1.69. The van der Waals surface area contributed by atoms with Crippen molar-refractivity contribution in [2.24, 2.45) is 0 Å². The molecule has 8 heteroatoms. The highest BCUT2D eigenvalue weighted by Crippen LogP contribution is 2.27. The lowest BCUT2D eigenvalue weighted by atomic mass is 10.2. The highest BCUT2D eigenvalue weighted by atomic mass is 32.2. The highest BCUT2D eigenvalue weighted by molar-refractivity contribution is 7.99. The van der Waals surface area contributed by atoms with Gasteiger partial charge in [0, 0.05) is 30.2 Å². The normalized spacial score (nSPS) is 18.9. The van der Waals surface area contributed by atoms with Gasteiger partial charge in [0.1, 0.15) is 11.5 Å². The minimum Gasteiger partial charge on any atom is -0.481 e. The zero-order chi connectivity index (χ0) is 14.7. The third-order valence-corrected chi connectivity index (χ3v) is 4.26. The lowest BCUT2D eigenvalue weighted by Gasteiger charge is -2.35. The first kappa shape index (κ1) is 14.6. The van der Waals surface area contributed by atoms with Crippen molar-refractivity contribution in [1.29, 1.82) is 0 Å². The molecule has 1 N–H and O–H groups in total. The molecule has 7 nitrogen and oxygen atoms in total. The fraction of sp³-hybridized carbons (Fsp3) is 0.500. The van der Waals surface area contributed by atoms with E-state index in [-0.39, 0.29) is 18.2 Å². The summed E-state index contributed by atoms with van der Waals surface area (Å²) >= 11 is 1.71. The number of nitrogens with zero attached hydrogens (tertiary/aromatic N) is 3. The van der Waals surface area contributed by atoms with Crippen LogP contribution in [-0.4, -0.2) is 45.1 Å². The second-order valence-electron chi connectivity index (χ2n) is 4.55. The standard InChI is InChI=1S/C12H15N3O4S/c1-8-10(15(18)19)2-3-11(13-8)14-4-5-20-7-9(14)6-12(16)17/h2-3,9H,4-7H2,1H3,(H,16,17). The van der Waals surface area contributed by atoms with Gasteiger partial charge in [0.15, 0.2) is 0 Å². The molecule has 0 aromatic carbocycles. The van der Waals surface area contributed by atoms with E-state index in [1.165, 1.54) is 6.07 Å². The molecule has 0 aliphatic carbocycles. The molecule has 1 aliphatic rings. The molecule has 1 atom stereocenters. The van der Waals surface area contributed by atoms with Gasteiger partial charge < -0.3 is 10.0 Å². The van der Waals surface area contributed by atoms with E-state index in [1.807, 2.05) is 4.90 Å². The van der Waals surface area contributed by atoms with Crippen LogP contribution in [0.1, 0.15) is 12.1 Å². The molecule has 0 saturated carbocycles. The summed E-state index contributed by atoms with van der Waals surface area (Å²) in [5.41, 5.74) is 0.328. The maximum absolute atomic E-state index is 10.9. The van der Waals surface area contributed by atoms with Crippen LogP contribution in [0.4, 0.5) is 11.5 Å². The molecule has 1 saturated heterocycles. The first-order valence-corrected chi connectivity index (χ1v) is 7.32. The Bertz CT molecular complexity index is 537. The van der Waals surface area contributed by atoms with Crippen molar-refractivity contribution in [3.63, 3.8) is 0 Å². The van der Waals surface area contributed by atoms with Crippen molar-refractivity contribution in [1.82, 2.24) is 4.98 Å². The number of aromatic nitrogens is 1. The molecule has 1 aromatic rings. The van der Waals surface area contributed by atoms with Crippen LogP contribution in [0.5, 0.6) is 0 Å². The summed E-state index contributed by atoms with van der Waals surface area (Å²) in [4.78, 5) is 27.4. The number of rotatable bonds is 4. The molecule has 1 aromatic heterocycles. The number of thioether (sulfide) groups is 1. The quantitative estimate of drug-likeness (QED) is 0.667. The van der Waals surface area contributed by atoms with Gasteiger partial charge in [0.05, 0.1) is 11.3 Å². The summed E-state index contributed by atoms with van der Waals surface area (Å²) in [6.45, 7) is 2.29. The topological polar surface area (TPSA) is 96.6 Å². The number of hydrogen-bond donors (Lipinski definition) is 1. The number of hydrogen-bond acceptors (Lipinski definition) is 6. The van der Waals surface area contributed by atoms with E-state index in [0.29, 0.717) is 18.1 Å². The molecule has 1 unspecified atom stereocenters. The number of anilines is 1. The summed E-state index contributed by atoms with van der Waals surface area (Å²) in [7, 11) is 0. The number of carboxylic acids is 1. The Kier molecular flexibility index (Phi) is 4.43. The molecule has 0 spiro atoms. The number of carbonyl (C=O) groups is 1. The molecule has 2 rings (SSSR count). The average Bonchev–Trinajstić information content (AvgIpc) is 2.38. The van der Waals surface area contributed by atoms with E-state index in [2.05, 4.69) is 4.98 Å². The smallest absolute Gasteiger partial charge is 0.305 e. The maximum atomic E-state index is 10.9. The van der Waals surface area contributed by atoms with Crippen molar-refractivity contribution in [3.05, 3.63) is 27.9 Å². The minimum atomic E-state index is -0.846. The second kappa shape index (κ2) is 6.08. The van der Waals surface area contributed by atoms with Gasteiger partial charge in [-0.3, -0.25) is 14.9 Å². The van der Waals surface area contributed by atoms with Gasteiger partial charge in [-0.15, -0.1) is 0 Å². The zero-order valence-electron chi connectivity index (χ0n) is 11.0. The summed E-state index contributed by atoms with van der Waals surface area (Å²) in [5.74, 6) is 1.39. The lowest BCUT2D eigenvalue weighted by molar-refractivity contribution is -0.385. The van der Waals surface area contributed by atoms with Crippen molar-refractivity contribution in [3.8, 4) is 0 Å². The summed E-state index contributed by atoms with van der Waals surface area (Å²) in [5, 5.41) is 19.7. The monoisotopic (exact) mass is 297 g/mol. The van der Waals surface area contributed by atoms with Gasteiger partial charge in [0.25, 0.3) is 5.69 Å². The average molecular weight is 297 g/mol. The van der Waals surface area contributed by atoms with Crippen molar-refractivity contribution in [2.45, 2.75) is 19.4 Å². The molecule has 1 fully saturated rings. The van der Waals surface area contributed by atoms with E-state index in [1.54, 1.807) is 24.8 Å². The molecular formula is C12H15N3O4S. The minimum absolute atomic E-state index is 0.0186. The SMILES string of the molecule is Cc1nc(N2CCSCC2CC(=O)O)ccc1[N+](=O)[O-]. The van der Waals surface area contributed by atoms with Crippen LogP contribution in [0.25, 0.3) is 0 Å². The van der Waals surface area contributed by atoms with E-state index in [4.69, 9.17) is 5.11 Å². The van der Waals surface area contributed by atoms with Gasteiger partial charge in [-0.05, 0) is 13.0 Å². The molecule has 108 valence electrons. The second-order valence-corrected chi connectivity index (χ2v) is 5.70. The Morgan fingerprint density at radius 3 is 3.00 bits per heavy atom. The maximum Gasteiger partial charge on any atom is 0.305 e. The Hall–Kier alpha value is -1.83. The third kappa shape index (κ3) is 3.19. The highest BCUT2D eigenvalue weighted by Gasteiger charge is 2.27. The summed E-state index contributed by atoms with van der Waals surface area (Å²) < 4.78 is 0. The van der Waals surface area contributed by atoms with E-state index >= 15 is 0 Å². The van der Waals surface area contributed by atoms with E-state index in [0.717, 1.165) is 11.5 Å². The number of aryl methyl sites for hydroxylation is 1. The van der Waals surface area contributed by atoms with Crippen LogP contribution < -0.4 is 4.90 Å². The Labute approximate surface area is 120 Å². The number of carboxylic acid groups (broad SMARTS) is 1. The molecule has 0 radical (unpaired) electrons. The lowest BCUT2D eigenvalue weighted by Crippen LogP contribution is -2.44. The first-order valence-electron chi connectivity index (χ1n) is 6.17. The van der Waals surface area contributed by atoms with Crippen LogP contribution in [0.2, 0.25) is 0 Å². The van der Waals surface area contributed by atoms with Crippen molar-refractivity contribution < 1.29 is 14.8 Å². The fourth-order valence-electron chi connectivity index (χ4n) is 2.22. The molecule has 0 bridgehead atoms. The van der Waals surface area contributed by atoms with Gasteiger partial charge in [-0.1, -0.05) is 0 Å². The first-order chi connectivity index (χ1) is 9.49. The summed E-state index contributed by atoms with van der Waals surface area (Å²) in [6.07, 6.45) is 0.0463. The van der Waals surface area contributed by atoms with Crippen molar-refractivity contribution in [2.75, 3.05) is 23.0 Å². The van der Waals surface area contributed by atoms with Crippen LogP contribution >= 0.6 is 11.8 Å². The van der Waals surface area contributed by atoms with Crippen LogP contribution in [0.15, 0.2) is 12.1 Å². The van der Waals surface area contributed by atoms with Crippen LogP contribution in [0, 0.1) is 17.0 Å². The van der Waals surface area contributed by atoms with Crippen molar-refractivity contribution >= 4 is 29.2 Å². The van der Waals surface area contributed by atoms with Crippen LogP contribution in [-0.2, 0) is 4.79 Å². The molecule has 1 aliphatic heterocycles. The predicted molar refractivity (Wildman–Crippen MR) is 76.3 cm³/mol. The van der Waals surface area contributed by atoms with Gasteiger partial charge in [-0.2, -0.15) is 11.8 Å². The Morgan fingerprint density at radius 1 is 1.65 bits per heavy atom. The number of nitro groups is 1. The van der Waals surface area contributed by atoms with E-state index in [9.17, 15) is 14.9 Å². The zero-order valence-corrected chi connectivity index (χ0v) is 11.8. The molecule has 2 heterocycles. The summed E-state index contributed by atoms with van der Waals surface area (Å²) in [6, 6.07) is 2.90. The van der Waals surface area contributed by atoms with Crippen LogP contribution in [0.3, 0.4) is 0 Å². The van der Waals surface area contributed by atoms with Gasteiger partial charge >= 0.3 is 5.97 Å². The fourth-order valence-corrected chi connectivity index (χ4v) is 3.28. The molecule has 20 heavy (non-hydrogen) atoms. The Balaban J connectivity index is 2.26. The van der Waals surface area contributed by atoms with E-state index < -0.39 is 10.9 Å². The Morgan fingerprint density at radius 2 is 2.40 bits per heavy atom. The molecule has 0 amide bonds.